The molecule has 0 radical (unpaired) electrons. The number of amides is 1. The van der Waals surface area contributed by atoms with Crippen LogP contribution in [-0.4, -0.2) is 60.3 Å². The van der Waals surface area contributed by atoms with Gasteiger partial charge in [0, 0.05) is 31.2 Å². The SMILES string of the molecule is CCN(CC)S(=O)(=O)c1ccc(C)c(C(=O)N2CCC(C(=O)O)C2C)c1. The van der Waals surface area contributed by atoms with E-state index in [0.29, 0.717) is 37.2 Å². The van der Waals surface area contributed by atoms with Gasteiger partial charge >= 0.3 is 5.97 Å². The van der Waals surface area contributed by atoms with Crippen molar-refractivity contribution in [3.63, 3.8) is 0 Å². The molecule has 1 saturated heterocycles. The minimum Gasteiger partial charge on any atom is -0.481 e. The van der Waals surface area contributed by atoms with Gasteiger partial charge in [0.05, 0.1) is 10.8 Å². The summed E-state index contributed by atoms with van der Waals surface area (Å²) in [6.07, 6.45) is 0.402. The smallest absolute Gasteiger partial charge is 0.308 e. The van der Waals surface area contributed by atoms with Gasteiger partial charge in [0.2, 0.25) is 10.0 Å². The third-order valence-electron chi connectivity index (χ3n) is 5.12. The number of carboxylic acid groups (broad SMARTS) is 1. The van der Waals surface area contributed by atoms with Crippen molar-refractivity contribution >= 4 is 21.9 Å². The molecule has 1 aromatic rings. The number of hydrogen-bond acceptors (Lipinski definition) is 4. The zero-order chi connectivity index (χ0) is 19.6. The number of carbonyl (C=O) groups excluding carboxylic acids is 1. The van der Waals surface area contributed by atoms with E-state index < -0.39 is 28.0 Å². The highest BCUT2D eigenvalue weighted by Gasteiger charge is 2.39. The number of sulfonamides is 1. The molecule has 1 N–H and O–H groups in total. The molecule has 1 heterocycles. The van der Waals surface area contributed by atoms with Crippen LogP contribution in [0.5, 0.6) is 0 Å². The van der Waals surface area contributed by atoms with Crippen LogP contribution in [0.15, 0.2) is 23.1 Å². The molecular formula is C18H26N2O5S. The van der Waals surface area contributed by atoms with Gasteiger partial charge in [-0.1, -0.05) is 19.9 Å². The number of likely N-dealkylation sites (tertiary alicyclic amines) is 1. The quantitative estimate of drug-likeness (QED) is 0.811. The van der Waals surface area contributed by atoms with Crippen LogP contribution >= 0.6 is 0 Å². The normalized spacial score (nSPS) is 20.6. The molecule has 2 unspecified atom stereocenters. The fourth-order valence-corrected chi connectivity index (χ4v) is 4.90. The fraction of sp³-hybridized carbons (Fsp3) is 0.556. The molecule has 7 nitrogen and oxygen atoms in total. The van der Waals surface area contributed by atoms with Crippen molar-refractivity contribution < 1.29 is 23.1 Å². The second kappa shape index (κ2) is 7.75. The molecule has 144 valence electrons. The summed E-state index contributed by atoms with van der Waals surface area (Å²) in [5, 5.41) is 9.25. The molecule has 1 aliphatic heterocycles. The van der Waals surface area contributed by atoms with E-state index in [-0.39, 0.29) is 10.8 Å². The molecule has 2 atom stereocenters. The van der Waals surface area contributed by atoms with Crippen LogP contribution < -0.4 is 0 Å². The van der Waals surface area contributed by atoms with Crippen LogP contribution in [-0.2, 0) is 14.8 Å². The Balaban J connectivity index is 2.39. The van der Waals surface area contributed by atoms with Gasteiger partial charge in [-0.05, 0) is 38.0 Å². The largest absolute Gasteiger partial charge is 0.481 e. The summed E-state index contributed by atoms with van der Waals surface area (Å²) in [5.41, 5.74) is 0.968. The fourth-order valence-electron chi connectivity index (χ4n) is 3.42. The Morgan fingerprint density at radius 2 is 1.88 bits per heavy atom. The van der Waals surface area contributed by atoms with Crippen LogP contribution in [0.4, 0.5) is 0 Å². The van der Waals surface area contributed by atoms with Crippen LogP contribution in [0.1, 0.15) is 43.1 Å². The number of nitrogens with zero attached hydrogens (tertiary/aromatic N) is 2. The second-order valence-electron chi connectivity index (χ2n) is 6.54. The number of aliphatic carboxylic acids is 1. The lowest BCUT2D eigenvalue weighted by Gasteiger charge is -2.25. The predicted molar refractivity (Wildman–Crippen MR) is 97.5 cm³/mol. The summed E-state index contributed by atoms with van der Waals surface area (Å²) >= 11 is 0. The van der Waals surface area contributed by atoms with E-state index in [9.17, 15) is 23.1 Å². The van der Waals surface area contributed by atoms with Gasteiger partial charge in [0.1, 0.15) is 0 Å². The molecule has 2 rings (SSSR count). The Labute approximate surface area is 154 Å². The summed E-state index contributed by atoms with van der Waals surface area (Å²) in [4.78, 5) is 25.8. The molecule has 26 heavy (non-hydrogen) atoms. The lowest BCUT2D eigenvalue weighted by molar-refractivity contribution is -0.142. The standard InChI is InChI=1S/C18H26N2O5S/c1-5-19(6-2)26(24,25)14-8-7-12(3)16(11-14)17(21)20-10-9-15(13(20)4)18(22)23/h7-8,11,13,15H,5-6,9-10H2,1-4H3,(H,22,23). The van der Waals surface area contributed by atoms with Crippen molar-refractivity contribution in [3.05, 3.63) is 29.3 Å². The van der Waals surface area contributed by atoms with Crippen LogP contribution in [0, 0.1) is 12.8 Å². The van der Waals surface area contributed by atoms with Gasteiger partial charge in [-0.15, -0.1) is 0 Å². The maximum absolute atomic E-state index is 13.0. The van der Waals surface area contributed by atoms with E-state index >= 15 is 0 Å². The topological polar surface area (TPSA) is 95.0 Å². The minimum absolute atomic E-state index is 0.0804. The average Bonchev–Trinajstić information content (AvgIpc) is 2.97. The first-order valence-electron chi connectivity index (χ1n) is 8.79. The predicted octanol–water partition coefficient (Wildman–Crippen LogP) is 1.96. The Kier molecular flexibility index (Phi) is 6.08. The van der Waals surface area contributed by atoms with E-state index in [1.54, 1.807) is 33.8 Å². The highest BCUT2D eigenvalue weighted by molar-refractivity contribution is 7.89. The van der Waals surface area contributed by atoms with Gasteiger partial charge in [0.25, 0.3) is 5.91 Å². The van der Waals surface area contributed by atoms with Crippen LogP contribution in [0.2, 0.25) is 0 Å². The van der Waals surface area contributed by atoms with E-state index in [1.807, 2.05) is 0 Å². The average molecular weight is 382 g/mol. The zero-order valence-electron chi connectivity index (χ0n) is 15.6. The number of carboxylic acids is 1. The third kappa shape index (κ3) is 3.61. The summed E-state index contributed by atoms with van der Waals surface area (Å²) < 4.78 is 26.8. The highest BCUT2D eigenvalue weighted by Crippen LogP contribution is 2.28. The Bertz CT molecular complexity index is 802. The molecule has 0 bridgehead atoms. The molecule has 0 aliphatic carbocycles. The van der Waals surface area contributed by atoms with Crippen molar-refractivity contribution in [1.29, 1.82) is 0 Å². The third-order valence-corrected chi connectivity index (χ3v) is 7.16. The Morgan fingerprint density at radius 1 is 1.27 bits per heavy atom. The van der Waals surface area contributed by atoms with Crippen molar-refractivity contribution in [2.24, 2.45) is 5.92 Å². The number of carbonyl (C=O) groups is 2. The molecule has 0 aromatic heterocycles. The van der Waals surface area contributed by atoms with E-state index in [2.05, 4.69) is 0 Å². The molecule has 0 saturated carbocycles. The van der Waals surface area contributed by atoms with Crippen LogP contribution in [0.3, 0.4) is 0 Å². The van der Waals surface area contributed by atoms with Crippen molar-refractivity contribution in [2.75, 3.05) is 19.6 Å². The summed E-state index contributed by atoms with van der Waals surface area (Å²) in [7, 11) is -3.67. The Morgan fingerprint density at radius 3 is 2.38 bits per heavy atom. The van der Waals surface area contributed by atoms with Gasteiger partial charge in [0.15, 0.2) is 0 Å². The minimum atomic E-state index is -3.67. The van der Waals surface area contributed by atoms with E-state index in [0.717, 1.165) is 0 Å². The molecular weight excluding hydrogens is 356 g/mol. The maximum atomic E-state index is 13.0. The van der Waals surface area contributed by atoms with Gasteiger partial charge in [-0.25, -0.2) is 8.42 Å². The lowest BCUT2D eigenvalue weighted by atomic mass is 10.0. The molecule has 8 heteroatoms. The molecule has 1 aliphatic rings. The first-order chi connectivity index (χ1) is 12.1. The molecule has 1 fully saturated rings. The number of benzene rings is 1. The monoisotopic (exact) mass is 382 g/mol. The number of aryl methyl sites for hydroxylation is 1. The maximum Gasteiger partial charge on any atom is 0.308 e. The highest BCUT2D eigenvalue weighted by atomic mass is 32.2. The summed E-state index contributed by atoms with van der Waals surface area (Å²) in [6.45, 7) is 8.03. The van der Waals surface area contributed by atoms with Gasteiger partial charge in [-0.2, -0.15) is 4.31 Å². The van der Waals surface area contributed by atoms with E-state index in [1.165, 1.54) is 21.3 Å². The Hall–Kier alpha value is -1.93. The summed E-state index contributed by atoms with van der Waals surface area (Å²) in [5.74, 6) is -1.83. The number of rotatable bonds is 6. The molecule has 1 amide bonds. The van der Waals surface area contributed by atoms with Crippen LogP contribution in [0.25, 0.3) is 0 Å². The van der Waals surface area contributed by atoms with Crippen molar-refractivity contribution in [1.82, 2.24) is 9.21 Å². The first kappa shape index (κ1) is 20.4. The first-order valence-corrected chi connectivity index (χ1v) is 10.2. The molecule has 0 spiro atoms. The van der Waals surface area contributed by atoms with Gasteiger partial charge < -0.3 is 10.0 Å². The zero-order valence-corrected chi connectivity index (χ0v) is 16.4. The van der Waals surface area contributed by atoms with Gasteiger partial charge in [-0.3, -0.25) is 9.59 Å². The lowest BCUT2D eigenvalue weighted by Crippen LogP contribution is -2.38. The number of hydrogen-bond donors (Lipinski definition) is 1. The summed E-state index contributed by atoms with van der Waals surface area (Å²) in [6, 6.07) is 4.11. The molecule has 1 aromatic carbocycles. The van der Waals surface area contributed by atoms with Crippen molar-refractivity contribution in [2.45, 2.75) is 45.1 Å². The van der Waals surface area contributed by atoms with Crippen molar-refractivity contribution in [3.8, 4) is 0 Å². The van der Waals surface area contributed by atoms with E-state index in [4.69, 9.17) is 0 Å². The second-order valence-corrected chi connectivity index (χ2v) is 8.48.